The van der Waals surface area contributed by atoms with Crippen LogP contribution in [-0.4, -0.2) is 23.4 Å². The first-order valence-electron chi connectivity index (χ1n) is 3.98. The van der Waals surface area contributed by atoms with Crippen LogP contribution in [0.5, 0.6) is 5.75 Å². The minimum Gasteiger partial charge on any atom is -0.505 e. The molecule has 1 unspecified atom stereocenters. The van der Waals surface area contributed by atoms with Gasteiger partial charge in [-0.25, -0.2) is 4.39 Å². The Labute approximate surface area is 75.6 Å². The number of aliphatic hydroxyl groups excluding tert-OH is 1. The van der Waals surface area contributed by atoms with Crippen molar-refractivity contribution in [3.05, 3.63) is 29.6 Å². The van der Waals surface area contributed by atoms with Gasteiger partial charge in [0.25, 0.3) is 0 Å². The maximum Gasteiger partial charge on any atom is 0.165 e. The van der Waals surface area contributed by atoms with Crippen molar-refractivity contribution in [1.82, 2.24) is 0 Å². The number of halogens is 1. The number of aliphatic hydroxyl groups is 1. The van der Waals surface area contributed by atoms with Gasteiger partial charge in [-0.1, -0.05) is 6.07 Å². The zero-order chi connectivity index (χ0) is 9.84. The monoisotopic (exact) mass is 185 g/mol. The normalized spacial score (nSPS) is 12.8. The summed E-state index contributed by atoms with van der Waals surface area (Å²) in [4.78, 5) is 0. The van der Waals surface area contributed by atoms with Gasteiger partial charge in [0.2, 0.25) is 0 Å². The highest BCUT2D eigenvalue weighted by atomic mass is 19.1. The third-order valence-electron chi connectivity index (χ3n) is 1.95. The summed E-state index contributed by atoms with van der Waals surface area (Å²) in [6.45, 7) is 0.126. The number of hydrogen-bond donors (Lipinski definition) is 3. The zero-order valence-corrected chi connectivity index (χ0v) is 7.07. The van der Waals surface area contributed by atoms with E-state index in [-0.39, 0.29) is 19.1 Å². The second-order valence-electron chi connectivity index (χ2n) is 2.83. The summed E-state index contributed by atoms with van der Waals surface area (Å²) in [5.74, 6) is -1.35. The molecule has 0 fully saturated rings. The molecule has 3 nitrogen and oxygen atoms in total. The highest BCUT2D eigenvalue weighted by Gasteiger charge is 2.10. The first-order valence-corrected chi connectivity index (χ1v) is 3.98. The molecule has 0 heterocycles. The van der Waals surface area contributed by atoms with Gasteiger partial charge in [-0.15, -0.1) is 0 Å². The Morgan fingerprint density at radius 1 is 1.46 bits per heavy atom. The van der Waals surface area contributed by atoms with Crippen molar-refractivity contribution >= 4 is 0 Å². The van der Waals surface area contributed by atoms with Crippen LogP contribution in [0.15, 0.2) is 18.2 Å². The summed E-state index contributed by atoms with van der Waals surface area (Å²) in [7, 11) is 0. The number of rotatable bonds is 3. The van der Waals surface area contributed by atoms with Gasteiger partial charge in [-0.05, 0) is 17.7 Å². The fraction of sp³-hybridized carbons (Fsp3) is 0.333. The Balaban J connectivity index is 2.95. The van der Waals surface area contributed by atoms with Gasteiger partial charge < -0.3 is 15.9 Å². The second kappa shape index (κ2) is 4.20. The third kappa shape index (κ3) is 2.17. The molecule has 1 aromatic carbocycles. The van der Waals surface area contributed by atoms with Gasteiger partial charge in [-0.2, -0.15) is 0 Å². The molecule has 1 aromatic rings. The average Bonchev–Trinajstić information content (AvgIpc) is 2.13. The van der Waals surface area contributed by atoms with Gasteiger partial charge in [0, 0.05) is 12.5 Å². The van der Waals surface area contributed by atoms with Crippen LogP contribution in [-0.2, 0) is 0 Å². The summed E-state index contributed by atoms with van der Waals surface area (Å²) >= 11 is 0. The lowest BCUT2D eigenvalue weighted by Crippen LogP contribution is -2.16. The lowest BCUT2D eigenvalue weighted by Gasteiger charge is -2.11. The lowest BCUT2D eigenvalue weighted by molar-refractivity contribution is 0.267. The lowest BCUT2D eigenvalue weighted by atomic mass is 10.00. The quantitative estimate of drug-likeness (QED) is 0.644. The molecule has 13 heavy (non-hydrogen) atoms. The number of hydrogen-bond acceptors (Lipinski definition) is 3. The van der Waals surface area contributed by atoms with Crippen LogP contribution in [0.2, 0.25) is 0 Å². The molecular formula is C9H12FNO2. The fourth-order valence-electron chi connectivity index (χ4n) is 1.09. The van der Waals surface area contributed by atoms with Crippen molar-refractivity contribution in [2.45, 2.75) is 5.92 Å². The van der Waals surface area contributed by atoms with E-state index in [4.69, 9.17) is 15.9 Å². The molecule has 0 radical (unpaired) electrons. The van der Waals surface area contributed by atoms with E-state index >= 15 is 0 Å². The summed E-state index contributed by atoms with van der Waals surface area (Å²) in [5.41, 5.74) is 5.96. The van der Waals surface area contributed by atoms with Crippen LogP contribution >= 0.6 is 0 Å². The average molecular weight is 185 g/mol. The molecule has 0 aromatic heterocycles. The van der Waals surface area contributed by atoms with Gasteiger partial charge in [0.1, 0.15) is 0 Å². The van der Waals surface area contributed by atoms with Crippen molar-refractivity contribution < 1.29 is 14.6 Å². The molecule has 0 saturated carbocycles. The van der Waals surface area contributed by atoms with Crippen LogP contribution < -0.4 is 5.73 Å². The first kappa shape index (κ1) is 9.95. The number of phenolic OH excluding ortho intramolecular Hbond substituents is 1. The number of benzene rings is 1. The number of phenols is 1. The number of nitrogens with two attached hydrogens (primary N) is 1. The van der Waals surface area contributed by atoms with E-state index in [1.165, 1.54) is 12.1 Å². The van der Waals surface area contributed by atoms with Crippen molar-refractivity contribution in [1.29, 1.82) is 0 Å². The van der Waals surface area contributed by atoms with E-state index in [2.05, 4.69) is 0 Å². The molecule has 0 spiro atoms. The Hall–Kier alpha value is -1.13. The van der Waals surface area contributed by atoms with E-state index in [1.807, 2.05) is 0 Å². The molecule has 0 aliphatic carbocycles. The molecule has 0 aliphatic heterocycles. The first-order chi connectivity index (χ1) is 6.19. The minimum atomic E-state index is -0.690. The maximum atomic E-state index is 12.8. The Kier molecular flexibility index (Phi) is 3.22. The van der Waals surface area contributed by atoms with Crippen molar-refractivity contribution in [2.24, 2.45) is 5.73 Å². The molecule has 4 heteroatoms. The van der Waals surface area contributed by atoms with Crippen molar-refractivity contribution in [3.8, 4) is 5.75 Å². The fourth-order valence-corrected chi connectivity index (χ4v) is 1.09. The van der Waals surface area contributed by atoms with E-state index < -0.39 is 11.6 Å². The molecule has 0 amide bonds. The molecular weight excluding hydrogens is 173 g/mol. The van der Waals surface area contributed by atoms with Crippen LogP contribution in [0, 0.1) is 5.82 Å². The summed E-state index contributed by atoms with van der Waals surface area (Å²) < 4.78 is 12.8. The topological polar surface area (TPSA) is 66.5 Å². The second-order valence-corrected chi connectivity index (χ2v) is 2.83. The van der Waals surface area contributed by atoms with Crippen LogP contribution in [0.3, 0.4) is 0 Å². The smallest absolute Gasteiger partial charge is 0.165 e. The SMILES string of the molecule is NCC(CO)c1ccc(O)c(F)c1. The van der Waals surface area contributed by atoms with Crippen LogP contribution in [0.4, 0.5) is 4.39 Å². The Morgan fingerprint density at radius 3 is 2.62 bits per heavy atom. The van der Waals surface area contributed by atoms with Crippen molar-refractivity contribution in [2.75, 3.05) is 13.2 Å². The Morgan fingerprint density at radius 2 is 2.15 bits per heavy atom. The van der Waals surface area contributed by atoms with E-state index in [1.54, 1.807) is 6.07 Å². The predicted octanol–water partition coefficient (Wildman–Crippen LogP) is 0.566. The molecule has 1 rings (SSSR count). The van der Waals surface area contributed by atoms with Gasteiger partial charge in [-0.3, -0.25) is 0 Å². The number of aromatic hydroxyl groups is 1. The van der Waals surface area contributed by atoms with Gasteiger partial charge in [0.05, 0.1) is 6.61 Å². The zero-order valence-electron chi connectivity index (χ0n) is 7.07. The minimum absolute atomic E-state index is 0.124. The molecule has 0 aliphatic rings. The molecule has 1 atom stereocenters. The van der Waals surface area contributed by atoms with Crippen LogP contribution in [0.25, 0.3) is 0 Å². The summed E-state index contributed by atoms with van der Waals surface area (Å²) in [5, 5.41) is 17.8. The van der Waals surface area contributed by atoms with E-state index in [0.29, 0.717) is 5.56 Å². The molecule has 0 bridgehead atoms. The van der Waals surface area contributed by atoms with E-state index in [0.717, 1.165) is 0 Å². The highest BCUT2D eigenvalue weighted by molar-refractivity contribution is 5.30. The predicted molar refractivity (Wildman–Crippen MR) is 46.9 cm³/mol. The standard InChI is InChI=1S/C9H12FNO2/c10-8-3-6(1-2-9(8)13)7(4-11)5-12/h1-3,7,12-13H,4-5,11H2. The Bertz CT molecular complexity index is 287. The summed E-state index contributed by atoms with van der Waals surface area (Å²) in [6, 6.07) is 3.98. The highest BCUT2D eigenvalue weighted by Crippen LogP contribution is 2.21. The van der Waals surface area contributed by atoms with Crippen molar-refractivity contribution in [3.63, 3.8) is 0 Å². The maximum absolute atomic E-state index is 12.8. The van der Waals surface area contributed by atoms with E-state index in [9.17, 15) is 4.39 Å². The van der Waals surface area contributed by atoms with Crippen LogP contribution in [0.1, 0.15) is 11.5 Å². The third-order valence-corrected chi connectivity index (χ3v) is 1.95. The van der Waals surface area contributed by atoms with Gasteiger partial charge in [0.15, 0.2) is 11.6 Å². The summed E-state index contributed by atoms with van der Waals surface area (Å²) in [6.07, 6.45) is 0. The largest absolute Gasteiger partial charge is 0.505 e. The molecule has 4 N–H and O–H groups in total. The molecule has 72 valence electrons. The van der Waals surface area contributed by atoms with Gasteiger partial charge >= 0.3 is 0 Å². The molecule has 0 saturated heterocycles.